The number of carbonyl (C=O) groups is 1. The summed E-state index contributed by atoms with van der Waals surface area (Å²) in [7, 11) is 4.80. The van der Waals surface area contributed by atoms with Gasteiger partial charge >= 0.3 is 0 Å². The molecule has 2 aromatic heterocycles. The van der Waals surface area contributed by atoms with Gasteiger partial charge in [0.25, 0.3) is 11.8 Å². The predicted octanol–water partition coefficient (Wildman–Crippen LogP) is 3.82. The monoisotopic (exact) mass is 435 g/mol. The van der Waals surface area contributed by atoms with E-state index in [2.05, 4.69) is 22.1 Å². The van der Waals surface area contributed by atoms with Crippen molar-refractivity contribution < 1.29 is 19.0 Å². The van der Waals surface area contributed by atoms with E-state index in [1.54, 1.807) is 39.7 Å². The van der Waals surface area contributed by atoms with Gasteiger partial charge in [0.2, 0.25) is 0 Å². The SMILES string of the molecule is COc1ccc(CCCN(CCc2ccc(OC)c(OC)n2)C(=O)c2ccccn2)cc1. The van der Waals surface area contributed by atoms with Crippen LogP contribution in [0, 0.1) is 0 Å². The number of carbonyl (C=O) groups excluding carboxylic acids is 1. The second kappa shape index (κ2) is 11.7. The Labute approximate surface area is 189 Å². The molecule has 3 rings (SSSR count). The number of ether oxygens (including phenoxy) is 3. The number of aromatic nitrogens is 2. The zero-order valence-corrected chi connectivity index (χ0v) is 18.8. The van der Waals surface area contributed by atoms with Gasteiger partial charge in [-0.2, -0.15) is 0 Å². The molecule has 1 aromatic carbocycles. The fourth-order valence-corrected chi connectivity index (χ4v) is 3.39. The van der Waals surface area contributed by atoms with Gasteiger partial charge in [0.1, 0.15) is 11.4 Å². The minimum atomic E-state index is -0.0826. The first kappa shape index (κ1) is 23.1. The quantitative estimate of drug-likeness (QED) is 0.456. The lowest BCUT2D eigenvalue weighted by Gasteiger charge is -2.22. The Morgan fingerprint density at radius 2 is 1.69 bits per heavy atom. The third-order valence-corrected chi connectivity index (χ3v) is 5.16. The number of hydrogen-bond acceptors (Lipinski definition) is 6. The van der Waals surface area contributed by atoms with Crippen molar-refractivity contribution in [2.24, 2.45) is 0 Å². The molecular formula is C25H29N3O4. The molecule has 0 aliphatic rings. The van der Waals surface area contributed by atoms with Crippen molar-refractivity contribution in [2.75, 3.05) is 34.4 Å². The molecule has 0 N–H and O–H groups in total. The molecule has 0 atom stereocenters. The number of amides is 1. The summed E-state index contributed by atoms with van der Waals surface area (Å²) in [6.45, 7) is 1.15. The maximum atomic E-state index is 13.1. The summed E-state index contributed by atoms with van der Waals surface area (Å²) in [6.07, 6.45) is 3.94. The van der Waals surface area contributed by atoms with Crippen LogP contribution in [0.5, 0.6) is 17.4 Å². The van der Waals surface area contributed by atoms with Gasteiger partial charge < -0.3 is 19.1 Å². The Balaban J connectivity index is 1.67. The maximum absolute atomic E-state index is 13.1. The molecule has 2 heterocycles. The van der Waals surface area contributed by atoms with Crippen LogP contribution in [0.3, 0.4) is 0 Å². The molecule has 1 amide bonds. The summed E-state index contributed by atoms with van der Waals surface area (Å²) < 4.78 is 15.8. The van der Waals surface area contributed by atoms with Crippen molar-refractivity contribution in [3.05, 3.63) is 77.7 Å². The van der Waals surface area contributed by atoms with Gasteiger partial charge in [-0.15, -0.1) is 0 Å². The fourth-order valence-electron chi connectivity index (χ4n) is 3.39. The van der Waals surface area contributed by atoms with Crippen LogP contribution in [0.15, 0.2) is 60.8 Å². The second-order valence-corrected chi connectivity index (χ2v) is 7.22. The van der Waals surface area contributed by atoms with Gasteiger partial charge in [-0.1, -0.05) is 18.2 Å². The number of benzene rings is 1. The van der Waals surface area contributed by atoms with Gasteiger partial charge in [-0.3, -0.25) is 9.78 Å². The molecule has 0 saturated carbocycles. The molecule has 0 unspecified atom stereocenters. The number of hydrogen-bond donors (Lipinski definition) is 0. The van der Waals surface area contributed by atoms with Crippen LogP contribution in [0.2, 0.25) is 0 Å². The molecule has 0 spiro atoms. The first-order chi connectivity index (χ1) is 15.6. The van der Waals surface area contributed by atoms with Gasteiger partial charge in [-0.05, 0) is 54.8 Å². The first-order valence-electron chi connectivity index (χ1n) is 10.6. The molecule has 0 bridgehead atoms. The number of pyridine rings is 2. The molecule has 168 valence electrons. The number of methoxy groups -OCH3 is 3. The Morgan fingerprint density at radius 1 is 0.875 bits per heavy atom. The third-order valence-electron chi connectivity index (χ3n) is 5.16. The van der Waals surface area contributed by atoms with E-state index >= 15 is 0 Å². The predicted molar refractivity (Wildman–Crippen MR) is 123 cm³/mol. The highest BCUT2D eigenvalue weighted by Crippen LogP contribution is 2.24. The van der Waals surface area contributed by atoms with Crippen LogP contribution in [0.1, 0.15) is 28.2 Å². The molecule has 3 aromatic rings. The van der Waals surface area contributed by atoms with Crippen molar-refractivity contribution >= 4 is 5.91 Å². The zero-order chi connectivity index (χ0) is 22.8. The van der Waals surface area contributed by atoms with Crippen molar-refractivity contribution in [3.8, 4) is 17.4 Å². The normalized spacial score (nSPS) is 10.5. The van der Waals surface area contributed by atoms with Crippen molar-refractivity contribution in [1.29, 1.82) is 0 Å². The average molecular weight is 436 g/mol. The zero-order valence-electron chi connectivity index (χ0n) is 18.8. The maximum Gasteiger partial charge on any atom is 0.272 e. The molecular weight excluding hydrogens is 406 g/mol. The van der Waals surface area contributed by atoms with Crippen LogP contribution in [-0.2, 0) is 12.8 Å². The number of rotatable bonds is 11. The lowest BCUT2D eigenvalue weighted by molar-refractivity contribution is 0.0749. The van der Waals surface area contributed by atoms with Crippen molar-refractivity contribution in [3.63, 3.8) is 0 Å². The lowest BCUT2D eigenvalue weighted by atomic mass is 10.1. The van der Waals surface area contributed by atoms with E-state index in [4.69, 9.17) is 14.2 Å². The summed E-state index contributed by atoms with van der Waals surface area (Å²) in [5, 5.41) is 0. The molecule has 0 saturated heterocycles. The largest absolute Gasteiger partial charge is 0.497 e. The Kier molecular flexibility index (Phi) is 8.43. The highest BCUT2D eigenvalue weighted by Gasteiger charge is 2.17. The topological polar surface area (TPSA) is 73.8 Å². The highest BCUT2D eigenvalue weighted by molar-refractivity contribution is 5.92. The van der Waals surface area contributed by atoms with Crippen molar-refractivity contribution in [2.45, 2.75) is 19.3 Å². The van der Waals surface area contributed by atoms with Gasteiger partial charge in [0.05, 0.1) is 21.3 Å². The summed E-state index contributed by atoms with van der Waals surface area (Å²) >= 11 is 0. The minimum Gasteiger partial charge on any atom is -0.497 e. The molecule has 7 heteroatoms. The number of nitrogens with zero attached hydrogens (tertiary/aromatic N) is 3. The van der Waals surface area contributed by atoms with E-state index in [0.717, 1.165) is 24.3 Å². The summed E-state index contributed by atoms with van der Waals surface area (Å²) in [4.78, 5) is 23.7. The van der Waals surface area contributed by atoms with Gasteiger partial charge in [0.15, 0.2) is 5.75 Å². The molecule has 0 aliphatic heterocycles. The Bertz CT molecular complexity index is 994. The first-order valence-corrected chi connectivity index (χ1v) is 10.6. The van der Waals surface area contributed by atoms with Gasteiger partial charge in [0, 0.05) is 31.4 Å². The van der Waals surface area contributed by atoms with E-state index < -0.39 is 0 Å². The van der Waals surface area contributed by atoms with E-state index in [9.17, 15) is 4.79 Å². The number of aryl methyl sites for hydroxylation is 1. The van der Waals surface area contributed by atoms with Crippen LogP contribution >= 0.6 is 0 Å². The van der Waals surface area contributed by atoms with E-state index in [0.29, 0.717) is 36.8 Å². The van der Waals surface area contributed by atoms with Crippen LogP contribution < -0.4 is 14.2 Å². The fraction of sp³-hybridized carbons (Fsp3) is 0.320. The minimum absolute atomic E-state index is 0.0826. The van der Waals surface area contributed by atoms with E-state index in [1.165, 1.54) is 5.56 Å². The average Bonchev–Trinajstić information content (AvgIpc) is 2.86. The lowest BCUT2D eigenvalue weighted by Crippen LogP contribution is -2.34. The molecule has 0 aliphatic carbocycles. The van der Waals surface area contributed by atoms with Crippen molar-refractivity contribution in [1.82, 2.24) is 14.9 Å². The van der Waals surface area contributed by atoms with Gasteiger partial charge in [-0.25, -0.2) is 4.98 Å². The molecule has 7 nitrogen and oxygen atoms in total. The van der Waals surface area contributed by atoms with E-state index in [-0.39, 0.29) is 5.91 Å². The Morgan fingerprint density at radius 3 is 2.34 bits per heavy atom. The molecule has 32 heavy (non-hydrogen) atoms. The second-order valence-electron chi connectivity index (χ2n) is 7.22. The summed E-state index contributed by atoms with van der Waals surface area (Å²) in [6, 6.07) is 17.1. The third kappa shape index (κ3) is 6.20. The highest BCUT2D eigenvalue weighted by atomic mass is 16.5. The van der Waals surface area contributed by atoms with Crippen LogP contribution in [0.25, 0.3) is 0 Å². The smallest absolute Gasteiger partial charge is 0.272 e. The standard InChI is InChI=1S/C25H29N3O4/c1-30-21-12-9-19(10-13-21)7-6-17-28(25(29)22-8-4-5-16-26-22)18-15-20-11-14-23(31-2)24(27-20)32-3/h4-5,8-14,16H,6-7,15,17-18H2,1-3H3. The summed E-state index contributed by atoms with van der Waals surface area (Å²) in [5.41, 5.74) is 2.48. The van der Waals surface area contributed by atoms with Crippen LogP contribution in [0.4, 0.5) is 0 Å². The van der Waals surface area contributed by atoms with E-state index in [1.807, 2.05) is 35.2 Å². The molecule has 0 radical (unpaired) electrons. The Hall–Kier alpha value is -3.61. The van der Waals surface area contributed by atoms with Crippen LogP contribution in [-0.4, -0.2) is 55.2 Å². The molecule has 0 fully saturated rings. The summed E-state index contributed by atoms with van der Waals surface area (Å²) in [5.74, 6) is 1.77.